The van der Waals surface area contributed by atoms with E-state index in [9.17, 15) is 0 Å². The van der Waals surface area contributed by atoms with Gasteiger partial charge < -0.3 is 10.6 Å². The maximum Gasteiger partial charge on any atom is 0.0378 e. The molecule has 3 heteroatoms. The van der Waals surface area contributed by atoms with Gasteiger partial charge in [-0.15, -0.1) is 0 Å². The average Bonchev–Trinajstić information content (AvgIpc) is 3.00. The van der Waals surface area contributed by atoms with Crippen molar-refractivity contribution in [2.45, 2.75) is 32.2 Å². The van der Waals surface area contributed by atoms with Gasteiger partial charge in [-0.05, 0) is 60.8 Å². The first-order valence-corrected chi connectivity index (χ1v) is 8.15. The van der Waals surface area contributed by atoms with E-state index in [0.717, 1.165) is 22.2 Å². The van der Waals surface area contributed by atoms with Crippen molar-refractivity contribution in [3.63, 3.8) is 0 Å². The quantitative estimate of drug-likeness (QED) is 0.914. The second kappa shape index (κ2) is 5.45. The number of anilines is 1. The van der Waals surface area contributed by atoms with Crippen LogP contribution in [0, 0.1) is 17.8 Å². The Labute approximate surface area is 124 Å². The third kappa shape index (κ3) is 2.82. The summed E-state index contributed by atoms with van der Waals surface area (Å²) in [6.07, 6.45) is 5.90. The molecule has 2 bridgehead atoms. The lowest BCUT2D eigenvalue weighted by Crippen LogP contribution is -2.28. The number of rotatable bonds is 4. The Morgan fingerprint density at radius 1 is 1.26 bits per heavy atom. The van der Waals surface area contributed by atoms with Gasteiger partial charge in [0, 0.05) is 30.3 Å². The highest BCUT2D eigenvalue weighted by Gasteiger charge is 2.39. The number of hydrogen-bond donors (Lipinski definition) is 1. The van der Waals surface area contributed by atoms with E-state index in [2.05, 4.69) is 46.1 Å². The van der Waals surface area contributed by atoms with Crippen LogP contribution in [0.15, 0.2) is 22.7 Å². The molecule has 0 heterocycles. The monoisotopic (exact) mass is 322 g/mol. The Kier molecular flexibility index (Phi) is 3.86. The Morgan fingerprint density at radius 3 is 2.74 bits per heavy atom. The highest BCUT2D eigenvalue weighted by Crippen LogP contribution is 2.48. The highest BCUT2D eigenvalue weighted by molar-refractivity contribution is 9.10. The van der Waals surface area contributed by atoms with E-state index in [1.54, 1.807) is 0 Å². The normalized spacial score (nSPS) is 28.9. The zero-order valence-electron chi connectivity index (χ0n) is 11.6. The standard InChI is InChI=1S/C16H23BrN2/c1-19(10-14-5-11-2-3-13(14)4-11)16-7-12(9-18)6-15(17)8-16/h6-8,11,13-14H,2-5,9-10,18H2,1H3. The molecule has 0 spiro atoms. The van der Waals surface area contributed by atoms with Gasteiger partial charge in [0.1, 0.15) is 0 Å². The topological polar surface area (TPSA) is 29.3 Å². The first-order chi connectivity index (χ1) is 9.15. The fourth-order valence-corrected chi connectivity index (χ4v) is 4.56. The van der Waals surface area contributed by atoms with E-state index < -0.39 is 0 Å². The molecule has 3 atom stereocenters. The minimum Gasteiger partial charge on any atom is -0.374 e. The summed E-state index contributed by atoms with van der Waals surface area (Å²) >= 11 is 3.59. The molecule has 0 aromatic heterocycles. The lowest BCUT2D eigenvalue weighted by atomic mass is 9.88. The van der Waals surface area contributed by atoms with Crippen LogP contribution in [0.3, 0.4) is 0 Å². The van der Waals surface area contributed by atoms with E-state index >= 15 is 0 Å². The number of nitrogens with zero attached hydrogens (tertiary/aromatic N) is 1. The fraction of sp³-hybridized carbons (Fsp3) is 0.625. The molecule has 3 rings (SSSR count). The average molecular weight is 323 g/mol. The molecule has 2 nitrogen and oxygen atoms in total. The summed E-state index contributed by atoms with van der Waals surface area (Å²) in [6.45, 7) is 1.80. The van der Waals surface area contributed by atoms with Gasteiger partial charge in [0.25, 0.3) is 0 Å². The molecule has 2 N–H and O–H groups in total. The third-order valence-corrected chi connectivity index (χ3v) is 5.47. The van der Waals surface area contributed by atoms with Gasteiger partial charge in [0.15, 0.2) is 0 Å². The van der Waals surface area contributed by atoms with E-state index in [1.165, 1.54) is 43.5 Å². The van der Waals surface area contributed by atoms with Crippen molar-refractivity contribution in [1.82, 2.24) is 0 Å². The van der Waals surface area contributed by atoms with Crippen LogP contribution in [0.25, 0.3) is 0 Å². The van der Waals surface area contributed by atoms with Crippen LogP contribution in [0.4, 0.5) is 5.69 Å². The minimum atomic E-state index is 0.606. The predicted molar refractivity (Wildman–Crippen MR) is 84.2 cm³/mol. The van der Waals surface area contributed by atoms with Crippen molar-refractivity contribution in [1.29, 1.82) is 0 Å². The molecule has 2 fully saturated rings. The zero-order valence-corrected chi connectivity index (χ0v) is 13.2. The van der Waals surface area contributed by atoms with E-state index in [4.69, 9.17) is 5.73 Å². The van der Waals surface area contributed by atoms with Crippen LogP contribution in [0.1, 0.15) is 31.2 Å². The molecule has 0 radical (unpaired) electrons. The summed E-state index contributed by atoms with van der Waals surface area (Å²) in [5, 5.41) is 0. The van der Waals surface area contributed by atoms with E-state index in [1.807, 2.05) is 0 Å². The van der Waals surface area contributed by atoms with Gasteiger partial charge in [-0.3, -0.25) is 0 Å². The maximum atomic E-state index is 5.76. The molecule has 2 aliphatic carbocycles. The van der Waals surface area contributed by atoms with Crippen molar-refractivity contribution in [2.75, 3.05) is 18.5 Å². The van der Waals surface area contributed by atoms with E-state index in [0.29, 0.717) is 6.54 Å². The number of halogens is 1. The molecule has 0 aliphatic heterocycles. The summed E-state index contributed by atoms with van der Waals surface area (Å²) in [7, 11) is 2.22. The Balaban J connectivity index is 1.70. The number of hydrogen-bond acceptors (Lipinski definition) is 2. The second-order valence-electron chi connectivity index (χ2n) is 6.34. The smallest absolute Gasteiger partial charge is 0.0378 e. The van der Waals surface area contributed by atoms with Crippen LogP contribution in [-0.2, 0) is 6.54 Å². The summed E-state index contributed by atoms with van der Waals surface area (Å²) in [6, 6.07) is 6.53. The number of fused-ring (bicyclic) bond motifs is 2. The van der Waals surface area contributed by atoms with Crippen molar-refractivity contribution in [2.24, 2.45) is 23.5 Å². The molecule has 0 amide bonds. The lowest BCUT2D eigenvalue weighted by molar-refractivity contribution is 0.337. The summed E-state index contributed by atoms with van der Waals surface area (Å²) < 4.78 is 1.13. The maximum absolute atomic E-state index is 5.76. The molecular weight excluding hydrogens is 300 g/mol. The van der Waals surface area contributed by atoms with E-state index in [-0.39, 0.29) is 0 Å². The van der Waals surface area contributed by atoms with Gasteiger partial charge in [-0.2, -0.15) is 0 Å². The minimum absolute atomic E-state index is 0.606. The van der Waals surface area contributed by atoms with Crippen LogP contribution >= 0.6 is 15.9 Å². The Hall–Kier alpha value is -0.540. The summed E-state index contributed by atoms with van der Waals surface area (Å²) in [5.74, 6) is 2.93. The van der Waals surface area contributed by atoms with Crippen molar-refractivity contribution in [3.8, 4) is 0 Å². The number of benzene rings is 1. The molecule has 3 unspecified atom stereocenters. The van der Waals surface area contributed by atoms with Gasteiger partial charge in [0.05, 0.1) is 0 Å². The van der Waals surface area contributed by atoms with Crippen LogP contribution in [0.2, 0.25) is 0 Å². The predicted octanol–water partition coefficient (Wildman–Crippen LogP) is 3.78. The fourth-order valence-electron chi connectivity index (χ4n) is 4.03. The largest absolute Gasteiger partial charge is 0.374 e. The molecule has 0 saturated heterocycles. The third-order valence-electron chi connectivity index (χ3n) is 5.01. The summed E-state index contributed by atoms with van der Waals surface area (Å²) in [4.78, 5) is 2.41. The highest BCUT2D eigenvalue weighted by atomic mass is 79.9. The first kappa shape index (κ1) is 13.4. The molecule has 1 aromatic carbocycles. The lowest BCUT2D eigenvalue weighted by Gasteiger charge is -2.29. The number of nitrogens with two attached hydrogens (primary N) is 1. The van der Waals surface area contributed by atoms with Gasteiger partial charge in [-0.25, -0.2) is 0 Å². The zero-order chi connectivity index (χ0) is 13.4. The van der Waals surface area contributed by atoms with Crippen molar-refractivity contribution >= 4 is 21.6 Å². The van der Waals surface area contributed by atoms with Crippen LogP contribution < -0.4 is 10.6 Å². The van der Waals surface area contributed by atoms with Gasteiger partial charge in [-0.1, -0.05) is 22.4 Å². The SMILES string of the molecule is CN(CC1CC2CCC1C2)c1cc(Br)cc(CN)c1. The van der Waals surface area contributed by atoms with Gasteiger partial charge in [0.2, 0.25) is 0 Å². The Morgan fingerprint density at radius 2 is 2.11 bits per heavy atom. The molecule has 2 aliphatic rings. The first-order valence-electron chi connectivity index (χ1n) is 7.36. The second-order valence-corrected chi connectivity index (χ2v) is 7.25. The van der Waals surface area contributed by atoms with Crippen molar-refractivity contribution in [3.05, 3.63) is 28.2 Å². The van der Waals surface area contributed by atoms with Gasteiger partial charge >= 0.3 is 0 Å². The molecule has 2 saturated carbocycles. The molecular formula is C16H23BrN2. The Bertz CT molecular complexity index is 460. The van der Waals surface area contributed by atoms with Crippen molar-refractivity contribution < 1.29 is 0 Å². The van der Waals surface area contributed by atoms with Crippen LogP contribution in [-0.4, -0.2) is 13.6 Å². The van der Waals surface area contributed by atoms with Crippen LogP contribution in [0.5, 0.6) is 0 Å². The summed E-state index contributed by atoms with van der Waals surface area (Å²) in [5.41, 5.74) is 8.25. The molecule has 104 valence electrons. The molecule has 1 aromatic rings. The molecule has 19 heavy (non-hydrogen) atoms.